The molecule has 0 amide bonds. The number of hydrogen-bond donors (Lipinski definition) is 1. The van der Waals surface area contributed by atoms with E-state index in [1.54, 1.807) is 0 Å². The van der Waals surface area contributed by atoms with Crippen LogP contribution in [0.15, 0.2) is 18.2 Å². The first-order valence-electron chi connectivity index (χ1n) is 5.04. The van der Waals surface area contributed by atoms with Gasteiger partial charge in [0.2, 0.25) is 0 Å². The van der Waals surface area contributed by atoms with E-state index in [-0.39, 0.29) is 11.6 Å². The average Bonchev–Trinajstić information content (AvgIpc) is 2.05. The molecule has 1 heterocycles. The molecule has 2 rings (SSSR count). The quantitative estimate of drug-likeness (QED) is 0.684. The van der Waals surface area contributed by atoms with Gasteiger partial charge in [-0.2, -0.15) is 0 Å². The average molecular weight is 191 g/mol. The topological polar surface area (TPSA) is 35.2 Å². The summed E-state index contributed by atoms with van der Waals surface area (Å²) in [7, 11) is 0. The number of ether oxygens (including phenoxy) is 1. The standard InChI is InChI=1S/C12H17NO/c1-8-5-4-6-9-10(13)7-12(2,3)14-11(8)9/h4-6,10H,7,13H2,1-3H3. The van der Waals surface area contributed by atoms with Crippen LogP contribution in [0.25, 0.3) is 0 Å². The molecule has 1 unspecified atom stereocenters. The van der Waals surface area contributed by atoms with E-state index >= 15 is 0 Å². The van der Waals surface area contributed by atoms with Crippen molar-refractivity contribution in [2.45, 2.75) is 38.8 Å². The lowest BCUT2D eigenvalue weighted by Crippen LogP contribution is -2.37. The molecule has 0 fully saturated rings. The van der Waals surface area contributed by atoms with Gasteiger partial charge in [-0.1, -0.05) is 18.2 Å². The fourth-order valence-electron chi connectivity index (χ4n) is 2.06. The Hall–Kier alpha value is -1.02. The molecule has 1 aliphatic heterocycles. The minimum absolute atomic E-state index is 0.105. The molecule has 0 radical (unpaired) electrons. The van der Waals surface area contributed by atoms with Gasteiger partial charge in [-0.3, -0.25) is 0 Å². The fourth-order valence-corrected chi connectivity index (χ4v) is 2.06. The van der Waals surface area contributed by atoms with Gasteiger partial charge in [-0.05, 0) is 26.3 Å². The second-order valence-corrected chi connectivity index (χ2v) is 4.67. The van der Waals surface area contributed by atoms with Gasteiger partial charge < -0.3 is 10.5 Å². The highest BCUT2D eigenvalue weighted by atomic mass is 16.5. The Morgan fingerprint density at radius 3 is 2.86 bits per heavy atom. The zero-order chi connectivity index (χ0) is 10.3. The molecule has 2 heteroatoms. The Morgan fingerprint density at radius 1 is 1.43 bits per heavy atom. The first-order chi connectivity index (χ1) is 6.49. The van der Waals surface area contributed by atoms with Crippen molar-refractivity contribution in [3.05, 3.63) is 29.3 Å². The number of para-hydroxylation sites is 1. The molecule has 2 N–H and O–H groups in total. The fraction of sp³-hybridized carbons (Fsp3) is 0.500. The number of aryl methyl sites for hydroxylation is 1. The molecular weight excluding hydrogens is 174 g/mol. The summed E-state index contributed by atoms with van der Waals surface area (Å²) in [6.45, 7) is 6.23. The summed E-state index contributed by atoms with van der Waals surface area (Å²) in [6.07, 6.45) is 0.878. The van der Waals surface area contributed by atoms with Gasteiger partial charge in [-0.25, -0.2) is 0 Å². The maximum Gasteiger partial charge on any atom is 0.127 e. The normalized spacial score (nSPS) is 23.9. The minimum atomic E-state index is -0.140. The van der Waals surface area contributed by atoms with Gasteiger partial charge in [0.25, 0.3) is 0 Å². The van der Waals surface area contributed by atoms with Crippen LogP contribution in [0.2, 0.25) is 0 Å². The van der Waals surface area contributed by atoms with Gasteiger partial charge in [0.15, 0.2) is 0 Å². The summed E-state index contributed by atoms with van der Waals surface area (Å²) in [6, 6.07) is 6.26. The van der Waals surface area contributed by atoms with Crippen LogP contribution in [-0.4, -0.2) is 5.60 Å². The van der Waals surface area contributed by atoms with Crippen molar-refractivity contribution in [2.24, 2.45) is 5.73 Å². The predicted octanol–water partition coefficient (Wildman–Crippen LogP) is 2.56. The van der Waals surface area contributed by atoms with Crippen LogP contribution in [0, 0.1) is 6.92 Å². The highest BCUT2D eigenvalue weighted by Crippen LogP contribution is 2.39. The molecule has 1 aromatic carbocycles. The Bertz CT molecular complexity index is 357. The second kappa shape index (κ2) is 2.99. The number of rotatable bonds is 0. The van der Waals surface area contributed by atoms with Gasteiger partial charge in [0.1, 0.15) is 11.4 Å². The van der Waals surface area contributed by atoms with E-state index in [4.69, 9.17) is 10.5 Å². The summed E-state index contributed by atoms with van der Waals surface area (Å²) in [4.78, 5) is 0. The number of hydrogen-bond acceptors (Lipinski definition) is 2. The maximum absolute atomic E-state index is 6.11. The molecule has 76 valence electrons. The zero-order valence-corrected chi connectivity index (χ0v) is 9.00. The van der Waals surface area contributed by atoms with Crippen molar-refractivity contribution < 1.29 is 4.74 Å². The van der Waals surface area contributed by atoms with Crippen LogP contribution < -0.4 is 10.5 Å². The third kappa shape index (κ3) is 1.50. The van der Waals surface area contributed by atoms with Crippen molar-refractivity contribution >= 4 is 0 Å². The van der Waals surface area contributed by atoms with E-state index in [0.29, 0.717) is 0 Å². The van der Waals surface area contributed by atoms with Crippen molar-refractivity contribution in [1.82, 2.24) is 0 Å². The number of nitrogens with two attached hydrogens (primary N) is 1. The summed E-state index contributed by atoms with van der Waals surface area (Å²) in [5.74, 6) is 0.983. The van der Waals surface area contributed by atoms with E-state index < -0.39 is 0 Å². The van der Waals surface area contributed by atoms with E-state index in [1.807, 2.05) is 6.07 Å². The van der Waals surface area contributed by atoms with Crippen LogP contribution in [-0.2, 0) is 0 Å². The summed E-state index contributed by atoms with van der Waals surface area (Å²) < 4.78 is 5.94. The third-order valence-corrected chi connectivity index (χ3v) is 2.73. The molecule has 1 atom stereocenters. The molecule has 14 heavy (non-hydrogen) atoms. The van der Waals surface area contributed by atoms with Crippen LogP contribution >= 0.6 is 0 Å². The Morgan fingerprint density at radius 2 is 2.14 bits per heavy atom. The molecule has 0 saturated heterocycles. The van der Waals surface area contributed by atoms with E-state index in [1.165, 1.54) is 5.56 Å². The van der Waals surface area contributed by atoms with Gasteiger partial charge >= 0.3 is 0 Å². The lowest BCUT2D eigenvalue weighted by Gasteiger charge is -2.36. The van der Waals surface area contributed by atoms with Gasteiger partial charge in [0.05, 0.1) is 0 Å². The lowest BCUT2D eigenvalue weighted by atomic mass is 9.89. The summed E-state index contributed by atoms with van der Waals surface area (Å²) >= 11 is 0. The SMILES string of the molecule is Cc1cccc2c1OC(C)(C)CC2N. The molecule has 0 bridgehead atoms. The van der Waals surface area contributed by atoms with Crippen molar-refractivity contribution in [3.63, 3.8) is 0 Å². The Kier molecular flexibility index (Phi) is 2.04. The monoisotopic (exact) mass is 191 g/mol. The molecular formula is C12H17NO. The molecule has 0 aromatic heterocycles. The Labute approximate surface area is 85.1 Å². The van der Waals surface area contributed by atoms with Crippen LogP contribution in [0.5, 0.6) is 5.75 Å². The van der Waals surface area contributed by atoms with E-state index in [0.717, 1.165) is 17.7 Å². The lowest BCUT2D eigenvalue weighted by molar-refractivity contribution is 0.0719. The molecule has 2 nitrogen and oxygen atoms in total. The summed E-state index contributed by atoms with van der Waals surface area (Å²) in [5, 5.41) is 0. The van der Waals surface area contributed by atoms with Crippen molar-refractivity contribution in [1.29, 1.82) is 0 Å². The molecule has 1 aromatic rings. The van der Waals surface area contributed by atoms with E-state index in [2.05, 4.69) is 32.9 Å². The summed E-state index contributed by atoms with van der Waals surface area (Å²) in [5.41, 5.74) is 8.29. The first kappa shape index (κ1) is 9.53. The number of benzene rings is 1. The number of fused-ring (bicyclic) bond motifs is 1. The second-order valence-electron chi connectivity index (χ2n) is 4.67. The predicted molar refractivity (Wildman–Crippen MR) is 57.4 cm³/mol. The van der Waals surface area contributed by atoms with Gasteiger partial charge in [0, 0.05) is 18.0 Å². The maximum atomic E-state index is 6.11. The molecule has 0 saturated carbocycles. The van der Waals surface area contributed by atoms with Crippen LogP contribution in [0.3, 0.4) is 0 Å². The highest BCUT2D eigenvalue weighted by Gasteiger charge is 2.32. The van der Waals surface area contributed by atoms with Crippen molar-refractivity contribution in [3.8, 4) is 5.75 Å². The van der Waals surface area contributed by atoms with E-state index in [9.17, 15) is 0 Å². The van der Waals surface area contributed by atoms with Crippen LogP contribution in [0.1, 0.15) is 37.4 Å². The van der Waals surface area contributed by atoms with Crippen molar-refractivity contribution in [2.75, 3.05) is 0 Å². The zero-order valence-electron chi connectivity index (χ0n) is 9.00. The molecule has 0 aliphatic carbocycles. The molecule has 0 spiro atoms. The highest BCUT2D eigenvalue weighted by molar-refractivity contribution is 5.44. The third-order valence-electron chi connectivity index (χ3n) is 2.73. The largest absolute Gasteiger partial charge is 0.487 e. The van der Waals surface area contributed by atoms with Crippen LogP contribution in [0.4, 0.5) is 0 Å². The minimum Gasteiger partial charge on any atom is -0.487 e. The smallest absolute Gasteiger partial charge is 0.127 e. The van der Waals surface area contributed by atoms with Gasteiger partial charge in [-0.15, -0.1) is 0 Å². The molecule has 1 aliphatic rings. The first-order valence-corrected chi connectivity index (χ1v) is 5.04. The Balaban J connectivity index is 2.51.